The van der Waals surface area contributed by atoms with Crippen LogP contribution in [0, 0.1) is 11.3 Å². The fourth-order valence-corrected chi connectivity index (χ4v) is 4.65. The molecule has 0 spiro atoms. The van der Waals surface area contributed by atoms with Crippen LogP contribution >= 0.6 is 0 Å². The first kappa shape index (κ1) is 18.6. The van der Waals surface area contributed by atoms with Gasteiger partial charge in [-0.3, -0.25) is 0 Å². The number of nitriles is 1. The van der Waals surface area contributed by atoms with Gasteiger partial charge in [-0.1, -0.05) is 30.7 Å². The Morgan fingerprint density at radius 2 is 1.65 bits per heavy atom. The number of hydrogen-bond acceptors (Lipinski definition) is 4. The van der Waals surface area contributed by atoms with Crippen molar-refractivity contribution >= 4 is 10.0 Å². The van der Waals surface area contributed by atoms with E-state index >= 15 is 0 Å². The molecule has 0 atom stereocenters. The maximum atomic E-state index is 12.6. The van der Waals surface area contributed by atoms with Crippen LogP contribution in [-0.2, 0) is 23.1 Å². The van der Waals surface area contributed by atoms with Gasteiger partial charge in [0.2, 0.25) is 10.0 Å². The van der Waals surface area contributed by atoms with Gasteiger partial charge >= 0.3 is 0 Å². The molecular weight excluding hydrogens is 346 g/mol. The van der Waals surface area contributed by atoms with Crippen molar-refractivity contribution < 1.29 is 8.42 Å². The van der Waals surface area contributed by atoms with Crippen molar-refractivity contribution in [1.82, 2.24) is 9.62 Å². The molecule has 0 aromatic heterocycles. The molecule has 0 unspecified atom stereocenters. The first-order valence-corrected chi connectivity index (χ1v) is 10.3. The molecule has 1 aliphatic heterocycles. The summed E-state index contributed by atoms with van der Waals surface area (Å²) in [6.45, 7) is 2.53. The SMILES string of the molecule is N#Cc1cccc(CNCc2ccc(S(=O)(=O)N3CCCCC3)cc2)c1. The molecule has 0 saturated carbocycles. The lowest BCUT2D eigenvalue weighted by Gasteiger charge is -2.25. The summed E-state index contributed by atoms with van der Waals surface area (Å²) >= 11 is 0. The number of sulfonamides is 1. The molecule has 0 bridgehead atoms. The van der Waals surface area contributed by atoms with E-state index in [0.29, 0.717) is 36.6 Å². The molecule has 0 amide bonds. The van der Waals surface area contributed by atoms with Crippen molar-refractivity contribution in [2.45, 2.75) is 37.2 Å². The molecule has 3 rings (SSSR count). The topological polar surface area (TPSA) is 73.2 Å². The smallest absolute Gasteiger partial charge is 0.243 e. The van der Waals surface area contributed by atoms with Gasteiger partial charge in [0.15, 0.2) is 0 Å². The van der Waals surface area contributed by atoms with E-state index in [1.807, 2.05) is 30.3 Å². The molecule has 5 nitrogen and oxygen atoms in total. The van der Waals surface area contributed by atoms with Crippen LogP contribution in [0.1, 0.15) is 36.0 Å². The summed E-state index contributed by atoms with van der Waals surface area (Å²) in [7, 11) is -3.37. The number of nitrogens with zero attached hydrogens (tertiary/aromatic N) is 2. The Morgan fingerprint density at radius 3 is 2.35 bits per heavy atom. The van der Waals surface area contributed by atoms with Crippen LogP contribution < -0.4 is 5.32 Å². The van der Waals surface area contributed by atoms with Gasteiger partial charge in [0.1, 0.15) is 0 Å². The highest BCUT2D eigenvalue weighted by atomic mass is 32.2. The molecule has 1 aliphatic rings. The fraction of sp³-hybridized carbons (Fsp3) is 0.350. The number of rotatable bonds is 6. The zero-order chi connectivity index (χ0) is 18.4. The van der Waals surface area contributed by atoms with Crippen LogP contribution in [0.4, 0.5) is 0 Å². The number of nitrogens with one attached hydrogen (secondary N) is 1. The third-order valence-electron chi connectivity index (χ3n) is 4.59. The Hall–Kier alpha value is -2.20. The standard InChI is InChI=1S/C20H23N3O2S/c21-14-18-5-4-6-19(13-18)16-22-15-17-7-9-20(10-8-17)26(24,25)23-11-2-1-3-12-23/h4-10,13,22H,1-3,11-12,15-16H2. The molecular formula is C20H23N3O2S. The Morgan fingerprint density at radius 1 is 0.962 bits per heavy atom. The van der Waals surface area contributed by atoms with Crippen LogP contribution in [0.3, 0.4) is 0 Å². The molecule has 1 heterocycles. The van der Waals surface area contributed by atoms with E-state index in [1.54, 1.807) is 22.5 Å². The van der Waals surface area contributed by atoms with Crippen molar-refractivity contribution in [3.05, 3.63) is 65.2 Å². The summed E-state index contributed by atoms with van der Waals surface area (Å²) in [6, 6.07) is 16.7. The Kier molecular flexibility index (Phi) is 6.04. The van der Waals surface area contributed by atoms with Gasteiger partial charge < -0.3 is 5.32 Å². The Balaban J connectivity index is 1.58. The molecule has 136 valence electrons. The highest BCUT2D eigenvalue weighted by Gasteiger charge is 2.25. The largest absolute Gasteiger partial charge is 0.309 e. The second kappa shape index (κ2) is 8.45. The predicted octanol–water partition coefficient (Wildman–Crippen LogP) is 3.02. The Labute approximate surface area is 155 Å². The molecule has 0 aliphatic carbocycles. The van der Waals surface area contributed by atoms with Crippen LogP contribution in [0.2, 0.25) is 0 Å². The molecule has 6 heteroatoms. The van der Waals surface area contributed by atoms with Crippen molar-refractivity contribution in [3.8, 4) is 6.07 Å². The average Bonchev–Trinajstić information content (AvgIpc) is 2.69. The second-order valence-electron chi connectivity index (χ2n) is 6.52. The van der Waals surface area contributed by atoms with E-state index in [0.717, 1.165) is 30.4 Å². The van der Waals surface area contributed by atoms with Crippen molar-refractivity contribution in [2.24, 2.45) is 0 Å². The summed E-state index contributed by atoms with van der Waals surface area (Å²) in [4.78, 5) is 0.366. The normalized spacial score (nSPS) is 15.5. The van der Waals surface area contributed by atoms with E-state index < -0.39 is 10.0 Å². The lowest BCUT2D eigenvalue weighted by Crippen LogP contribution is -2.35. The summed E-state index contributed by atoms with van der Waals surface area (Å²) in [6.07, 6.45) is 2.98. The van der Waals surface area contributed by atoms with Crippen LogP contribution in [0.25, 0.3) is 0 Å². The number of hydrogen-bond donors (Lipinski definition) is 1. The molecule has 2 aromatic carbocycles. The van der Waals surface area contributed by atoms with Crippen molar-refractivity contribution in [1.29, 1.82) is 5.26 Å². The van der Waals surface area contributed by atoms with Gasteiger partial charge in [-0.25, -0.2) is 8.42 Å². The molecule has 1 fully saturated rings. The van der Waals surface area contributed by atoms with E-state index in [9.17, 15) is 8.42 Å². The van der Waals surface area contributed by atoms with Gasteiger partial charge in [0, 0.05) is 26.2 Å². The van der Waals surface area contributed by atoms with Gasteiger partial charge in [0.05, 0.1) is 16.5 Å². The van der Waals surface area contributed by atoms with E-state index in [4.69, 9.17) is 5.26 Å². The summed E-state index contributed by atoms with van der Waals surface area (Å²) < 4.78 is 26.9. The van der Waals surface area contributed by atoms with E-state index in [-0.39, 0.29) is 0 Å². The molecule has 2 aromatic rings. The minimum Gasteiger partial charge on any atom is -0.309 e. The number of benzene rings is 2. The Bertz CT molecular complexity index is 880. The van der Waals surface area contributed by atoms with Crippen LogP contribution in [0.15, 0.2) is 53.4 Å². The molecule has 0 radical (unpaired) electrons. The van der Waals surface area contributed by atoms with Crippen molar-refractivity contribution in [2.75, 3.05) is 13.1 Å². The summed E-state index contributed by atoms with van der Waals surface area (Å²) in [5, 5.41) is 12.2. The minimum absolute atomic E-state index is 0.366. The third-order valence-corrected chi connectivity index (χ3v) is 6.50. The van der Waals surface area contributed by atoms with Gasteiger partial charge in [0.25, 0.3) is 0 Å². The summed E-state index contributed by atoms with van der Waals surface area (Å²) in [5.74, 6) is 0. The van der Waals surface area contributed by atoms with E-state index in [1.165, 1.54) is 0 Å². The first-order chi connectivity index (χ1) is 12.6. The maximum Gasteiger partial charge on any atom is 0.243 e. The first-order valence-electron chi connectivity index (χ1n) is 8.88. The lowest BCUT2D eigenvalue weighted by atomic mass is 10.1. The van der Waals surface area contributed by atoms with Crippen LogP contribution in [-0.4, -0.2) is 25.8 Å². The fourth-order valence-electron chi connectivity index (χ4n) is 3.14. The third kappa shape index (κ3) is 4.50. The average molecular weight is 369 g/mol. The quantitative estimate of drug-likeness (QED) is 0.849. The number of piperidine rings is 1. The zero-order valence-corrected chi connectivity index (χ0v) is 15.5. The highest BCUT2D eigenvalue weighted by molar-refractivity contribution is 7.89. The van der Waals surface area contributed by atoms with Gasteiger partial charge in [-0.05, 0) is 48.2 Å². The summed E-state index contributed by atoms with van der Waals surface area (Å²) in [5.41, 5.74) is 2.73. The maximum absolute atomic E-state index is 12.6. The van der Waals surface area contributed by atoms with Crippen molar-refractivity contribution in [3.63, 3.8) is 0 Å². The van der Waals surface area contributed by atoms with Gasteiger partial charge in [-0.2, -0.15) is 9.57 Å². The highest BCUT2D eigenvalue weighted by Crippen LogP contribution is 2.20. The minimum atomic E-state index is -3.37. The molecule has 1 N–H and O–H groups in total. The second-order valence-corrected chi connectivity index (χ2v) is 8.46. The van der Waals surface area contributed by atoms with E-state index in [2.05, 4.69) is 11.4 Å². The molecule has 1 saturated heterocycles. The predicted molar refractivity (Wildman–Crippen MR) is 101 cm³/mol. The van der Waals surface area contributed by atoms with Gasteiger partial charge in [-0.15, -0.1) is 0 Å². The molecule has 26 heavy (non-hydrogen) atoms. The monoisotopic (exact) mass is 369 g/mol. The zero-order valence-electron chi connectivity index (χ0n) is 14.7. The lowest BCUT2D eigenvalue weighted by molar-refractivity contribution is 0.346. The van der Waals surface area contributed by atoms with Crippen LogP contribution in [0.5, 0.6) is 0 Å².